The fourth-order valence-corrected chi connectivity index (χ4v) is 3.77. The van der Waals surface area contributed by atoms with Gasteiger partial charge in [0, 0.05) is 24.4 Å². The van der Waals surface area contributed by atoms with Gasteiger partial charge in [0.25, 0.3) is 0 Å². The van der Waals surface area contributed by atoms with E-state index >= 15 is 0 Å². The zero-order valence-electron chi connectivity index (χ0n) is 15.1. The van der Waals surface area contributed by atoms with Gasteiger partial charge >= 0.3 is 0 Å². The molecule has 2 aliphatic heterocycles. The van der Waals surface area contributed by atoms with E-state index in [0.29, 0.717) is 29.8 Å². The number of aliphatic hydroxyl groups is 1. The summed E-state index contributed by atoms with van der Waals surface area (Å²) in [5, 5.41) is 23.5. The van der Waals surface area contributed by atoms with E-state index in [1.54, 1.807) is 6.20 Å². The van der Waals surface area contributed by atoms with Crippen molar-refractivity contribution in [3.05, 3.63) is 52.7 Å². The van der Waals surface area contributed by atoms with E-state index in [9.17, 15) is 5.11 Å². The van der Waals surface area contributed by atoms with Crippen LogP contribution in [0, 0.1) is 0 Å². The van der Waals surface area contributed by atoms with Crippen molar-refractivity contribution < 1.29 is 9.84 Å². The van der Waals surface area contributed by atoms with Gasteiger partial charge in [-0.1, -0.05) is 23.7 Å². The van der Waals surface area contributed by atoms with Crippen LogP contribution >= 0.6 is 11.6 Å². The molecule has 0 radical (unpaired) electrons. The summed E-state index contributed by atoms with van der Waals surface area (Å²) in [5.74, 6) is 1.36. The molecule has 2 unspecified atom stereocenters. The van der Waals surface area contributed by atoms with Crippen LogP contribution in [0.5, 0.6) is 5.75 Å². The molecule has 9 heteroatoms. The van der Waals surface area contributed by atoms with Gasteiger partial charge in [-0.2, -0.15) is 5.10 Å². The molecule has 4 N–H and O–H groups in total. The van der Waals surface area contributed by atoms with Crippen LogP contribution in [0.4, 0.5) is 5.69 Å². The molecular weight excluding hydrogens is 380 g/mol. The Labute approximate surface area is 166 Å². The second-order valence-electron chi connectivity index (χ2n) is 6.88. The molecule has 5 rings (SSSR count). The summed E-state index contributed by atoms with van der Waals surface area (Å²) in [5.41, 5.74) is 6.70. The van der Waals surface area contributed by atoms with Gasteiger partial charge in [0.05, 0.1) is 35.1 Å². The Morgan fingerprint density at radius 2 is 2.21 bits per heavy atom. The van der Waals surface area contributed by atoms with Gasteiger partial charge in [-0.15, -0.1) is 0 Å². The van der Waals surface area contributed by atoms with Crippen molar-refractivity contribution in [2.24, 2.45) is 4.99 Å². The van der Waals surface area contributed by atoms with Gasteiger partial charge in [0.2, 0.25) is 5.96 Å². The molecule has 0 fully saturated rings. The molecule has 2 aromatic carbocycles. The summed E-state index contributed by atoms with van der Waals surface area (Å²) in [4.78, 5) is 4.73. The molecule has 0 aliphatic carbocycles. The molecule has 0 bridgehead atoms. The molecule has 2 atom stereocenters. The van der Waals surface area contributed by atoms with E-state index < -0.39 is 6.10 Å². The number of aliphatic imine (C=N–C) groups is 1. The predicted molar refractivity (Wildman–Crippen MR) is 107 cm³/mol. The number of ether oxygens (including phenoxy) is 1. The van der Waals surface area contributed by atoms with Crippen LogP contribution in [0.2, 0.25) is 5.02 Å². The Morgan fingerprint density at radius 3 is 3.11 bits per heavy atom. The number of hydrogen-bond acceptors (Lipinski definition) is 7. The second-order valence-corrected chi connectivity index (χ2v) is 7.25. The second kappa shape index (κ2) is 6.66. The van der Waals surface area contributed by atoms with Crippen molar-refractivity contribution >= 4 is 34.2 Å². The molecule has 2 aliphatic rings. The molecule has 0 saturated carbocycles. The first kappa shape index (κ1) is 17.3. The number of nitrogens with one attached hydrogen (secondary N) is 3. The van der Waals surface area contributed by atoms with Crippen LogP contribution in [0.15, 0.2) is 41.5 Å². The van der Waals surface area contributed by atoms with Gasteiger partial charge in [0.15, 0.2) is 0 Å². The monoisotopic (exact) mass is 398 g/mol. The standard InChI is InChI=1S/C19H19ClN6O2/c1-26-19(22-14-5-4-13-12(17(14)20)9-21-24-13)23-18(25-26)10-2-3-11-15(27)6-7-28-16(11)8-10/h2-5,8-9,15,18,25,27H,6-7H2,1H3,(H,21,24)(H,22,23). The fraction of sp³-hybridized carbons (Fsp3) is 0.263. The molecule has 3 aromatic rings. The minimum Gasteiger partial charge on any atom is -0.493 e. The number of aromatic nitrogens is 2. The third-order valence-electron chi connectivity index (χ3n) is 5.05. The summed E-state index contributed by atoms with van der Waals surface area (Å²) in [6.07, 6.45) is 1.57. The van der Waals surface area contributed by atoms with E-state index in [2.05, 4.69) is 20.9 Å². The molecule has 3 heterocycles. The number of rotatable bonds is 2. The van der Waals surface area contributed by atoms with Crippen molar-refractivity contribution in [1.29, 1.82) is 0 Å². The Balaban J connectivity index is 1.42. The summed E-state index contributed by atoms with van der Waals surface area (Å²) in [6.45, 7) is 0.515. The van der Waals surface area contributed by atoms with E-state index in [-0.39, 0.29) is 6.17 Å². The largest absolute Gasteiger partial charge is 0.493 e. The molecule has 144 valence electrons. The molecule has 28 heavy (non-hydrogen) atoms. The Bertz CT molecular complexity index is 1080. The van der Waals surface area contributed by atoms with Crippen molar-refractivity contribution in [2.75, 3.05) is 19.0 Å². The lowest BCUT2D eigenvalue weighted by Gasteiger charge is -2.23. The van der Waals surface area contributed by atoms with Crippen molar-refractivity contribution in [2.45, 2.75) is 18.7 Å². The quantitative estimate of drug-likeness (QED) is 0.530. The highest BCUT2D eigenvalue weighted by Crippen LogP contribution is 2.35. The minimum absolute atomic E-state index is 0.267. The highest BCUT2D eigenvalue weighted by molar-refractivity contribution is 6.38. The number of benzene rings is 2. The molecular formula is C19H19ClN6O2. The third-order valence-corrected chi connectivity index (χ3v) is 5.46. The zero-order valence-corrected chi connectivity index (χ0v) is 15.9. The van der Waals surface area contributed by atoms with Crippen molar-refractivity contribution in [3.8, 4) is 5.75 Å². The lowest BCUT2D eigenvalue weighted by molar-refractivity contribution is 0.115. The van der Waals surface area contributed by atoms with Gasteiger partial charge in [-0.05, 0) is 23.8 Å². The average Bonchev–Trinajstić information content (AvgIpc) is 3.31. The Hall–Kier alpha value is -2.81. The van der Waals surface area contributed by atoms with Crippen molar-refractivity contribution in [1.82, 2.24) is 20.6 Å². The van der Waals surface area contributed by atoms with E-state index in [1.165, 1.54) is 0 Å². The van der Waals surface area contributed by atoms with E-state index in [4.69, 9.17) is 21.3 Å². The molecule has 1 aromatic heterocycles. The first-order chi connectivity index (χ1) is 13.6. The topological polar surface area (TPSA) is 97.8 Å². The maximum absolute atomic E-state index is 10.1. The normalized spacial score (nSPS) is 21.4. The smallest absolute Gasteiger partial charge is 0.215 e. The summed E-state index contributed by atoms with van der Waals surface area (Å²) in [6, 6.07) is 9.60. The highest BCUT2D eigenvalue weighted by atomic mass is 35.5. The van der Waals surface area contributed by atoms with Gasteiger partial charge in [-0.3, -0.25) is 10.1 Å². The summed E-state index contributed by atoms with van der Waals surface area (Å²) < 4.78 is 5.70. The summed E-state index contributed by atoms with van der Waals surface area (Å²) >= 11 is 6.50. The number of hydrogen-bond donors (Lipinski definition) is 4. The lowest BCUT2D eigenvalue weighted by Crippen LogP contribution is -2.37. The predicted octanol–water partition coefficient (Wildman–Crippen LogP) is 2.95. The lowest BCUT2D eigenvalue weighted by atomic mass is 10.0. The fourth-order valence-electron chi connectivity index (χ4n) is 3.50. The number of fused-ring (bicyclic) bond motifs is 2. The molecule has 0 saturated heterocycles. The third kappa shape index (κ3) is 2.86. The molecule has 8 nitrogen and oxygen atoms in total. The SMILES string of the molecule is CN1NC(c2ccc3c(c2)OCCC3O)N=C1Nc1ccc2[nH]ncc2c1Cl. The zero-order chi connectivity index (χ0) is 19.3. The van der Waals surface area contributed by atoms with Gasteiger partial charge < -0.3 is 15.2 Å². The average molecular weight is 399 g/mol. The number of H-pyrrole nitrogens is 1. The van der Waals surface area contributed by atoms with Crippen LogP contribution in [-0.4, -0.2) is 39.9 Å². The van der Waals surface area contributed by atoms with Crippen LogP contribution in [0.25, 0.3) is 10.9 Å². The Morgan fingerprint density at radius 1 is 1.32 bits per heavy atom. The van der Waals surface area contributed by atoms with Gasteiger partial charge in [0.1, 0.15) is 11.9 Å². The maximum atomic E-state index is 10.1. The minimum atomic E-state index is -0.474. The number of aromatic amines is 1. The van der Waals surface area contributed by atoms with Gasteiger partial charge in [-0.25, -0.2) is 10.4 Å². The van der Waals surface area contributed by atoms with Crippen molar-refractivity contribution in [3.63, 3.8) is 0 Å². The van der Waals surface area contributed by atoms with Crippen LogP contribution in [0.1, 0.15) is 29.8 Å². The number of aliphatic hydroxyl groups excluding tert-OH is 1. The summed E-state index contributed by atoms with van der Waals surface area (Å²) in [7, 11) is 1.88. The van der Waals surface area contributed by atoms with E-state index in [0.717, 1.165) is 27.7 Å². The highest BCUT2D eigenvalue weighted by Gasteiger charge is 2.26. The van der Waals surface area contributed by atoms with Crippen LogP contribution in [-0.2, 0) is 0 Å². The number of hydrazine groups is 1. The number of anilines is 1. The molecule has 0 spiro atoms. The Kier molecular flexibility index (Phi) is 4.12. The number of nitrogens with zero attached hydrogens (tertiary/aromatic N) is 3. The number of guanidine groups is 1. The maximum Gasteiger partial charge on any atom is 0.215 e. The van der Waals surface area contributed by atoms with Crippen LogP contribution in [0.3, 0.4) is 0 Å². The number of halogens is 1. The first-order valence-electron chi connectivity index (χ1n) is 9.01. The first-order valence-corrected chi connectivity index (χ1v) is 9.39. The van der Waals surface area contributed by atoms with E-state index in [1.807, 2.05) is 42.4 Å². The molecule has 0 amide bonds. The van der Waals surface area contributed by atoms with Crippen LogP contribution < -0.4 is 15.5 Å².